The first-order valence-electron chi connectivity index (χ1n) is 7.90. The molecule has 130 valence electrons. The molecule has 0 unspecified atom stereocenters. The van der Waals surface area contributed by atoms with Gasteiger partial charge in [0.25, 0.3) is 0 Å². The van der Waals surface area contributed by atoms with Crippen molar-refractivity contribution in [1.29, 1.82) is 0 Å². The third-order valence-electron chi connectivity index (χ3n) is 3.79. The normalized spacial score (nSPS) is 11.6. The number of nitrogens with zero attached hydrogens (tertiary/aromatic N) is 2. The van der Waals surface area contributed by atoms with Crippen LogP contribution in [0.1, 0.15) is 16.8 Å². The zero-order chi connectivity index (χ0) is 17.7. The van der Waals surface area contributed by atoms with E-state index in [9.17, 15) is 8.42 Å². The van der Waals surface area contributed by atoms with E-state index in [-0.39, 0.29) is 5.75 Å². The highest BCUT2D eigenvalue weighted by Crippen LogP contribution is 2.22. The summed E-state index contributed by atoms with van der Waals surface area (Å²) in [6.45, 7) is 2.26. The van der Waals surface area contributed by atoms with Crippen LogP contribution in [-0.2, 0) is 22.2 Å². The van der Waals surface area contributed by atoms with Gasteiger partial charge in [0.05, 0.1) is 11.4 Å². The average molecular weight is 374 g/mol. The van der Waals surface area contributed by atoms with Gasteiger partial charge in [0.2, 0.25) is 10.0 Å². The number of nitrogens with one attached hydrogen (secondary N) is 1. The van der Waals surface area contributed by atoms with Gasteiger partial charge in [-0.2, -0.15) is 0 Å². The van der Waals surface area contributed by atoms with Crippen molar-refractivity contribution in [2.24, 2.45) is 0 Å². The predicted molar refractivity (Wildman–Crippen MR) is 101 cm³/mol. The summed E-state index contributed by atoms with van der Waals surface area (Å²) in [5, 5.41) is 2.88. The molecule has 0 amide bonds. The Hall–Kier alpha value is -2.09. The maximum absolute atomic E-state index is 12.2. The van der Waals surface area contributed by atoms with Crippen LogP contribution in [0.4, 0.5) is 0 Å². The topological polar surface area (TPSA) is 72.0 Å². The number of rotatable bonds is 7. The van der Waals surface area contributed by atoms with E-state index in [1.165, 1.54) is 0 Å². The number of benzene rings is 1. The summed E-state index contributed by atoms with van der Waals surface area (Å²) < 4.78 is 27.1. The fourth-order valence-corrected chi connectivity index (χ4v) is 4.52. The second-order valence-corrected chi connectivity index (χ2v) is 8.37. The predicted octanol–water partition coefficient (Wildman–Crippen LogP) is 3.18. The summed E-state index contributed by atoms with van der Waals surface area (Å²) >= 11 is 1.55. The molecular weight excluding hydrogens is 354 g/mol. The molecule has 1 N–H and O–H groups in total. The van der Waals surface area contributed by atoms with Gasteiger partial charge in [0.15, 0.2) is 0 Å². The van der Waals surface area contributed by atoms with Gasteiger partial charge in [-0.25, -0.2) is 18.1 Å². The van der Waals surface area contributed by atoms with E-state index < -0.39 is 10.0 Å². The smallest absolute Gasteiger partial charge is 0.215 e. The van der Waals surface area contributed by atoms with E-state index in [0.29, 0.717) is 13.0 Å². The number of hydrogen-bond acceptors (Lipinski definition) is 5. The molecule has 0 aliphatic rings. The quantitative estimate of drug-likeness (QED) is 0.690. The number of pyridine rings is 1. The zero-order valence-corrected chi connectivity index (χ0v) is 15.5. The van der Waals surface area contributed by atoms with Crippen molar-refractivity contribution in [2.45, 2.75) is 19.1 Å². The third kappa shape index (κ3) is 4.94. The van der Waals surface area contributed by atoms with Crippen LogP contribution in [0.2, 0.25) is 0 Å². The van der Waals surface area contributed by atoms with Crippen LogP contribution in [0, 0.1) is 6.92 Å². The van der Waals surface area contributed by atoms with Crippen LogP contribution in [0.25, 0.3) is 10.6 Å². The largest absolute Gasteiger partial charge is 0.265 e. The average Bonchev–Trinajstić information content (AvgIpc) is 3.06. The molecule has 0 fully saturated rings. The Morgan fingerprint density at radius 1 is 1.12 bits per heavy atom. The van der Waals surface area contributed by atoms with E-state index in [0.717, 1.165) is 27.4 Å². The second-order valence-electron chi connectivity index (χ2n) is 5.71. The van der Waals surface area contributed by atoms with Crippen LogP contribution >= 0.6 is 11.3 Å². The summed E-state index contributed by atoms with van der Waals surface area (Å²) in [6, 6.07) is 11.3. The molecule has 3 aromatic rings. The van der Waals surface area contributed by atoms with E-state index in [1.807, 2.05) is 48.7 Å². The third-order valence-corrected chi connectivity index (χ3v) is 6.06. The lowest BCUT2D eigenvalue weighted by atomic mass is 10.1. The molecule has 5 nitrogen and oxygen atoms in total. The minimum absolute atomic E-state index is 0.000988. The van der Waals surface area contributed by atoms with Gasteiger partial charge in [-0.05, 0) is 30.2 Å². The molecule has 1 aromatic carbocycles. The highest BCUT2D eigenvalue weighted by atomic mass is 32.2. The van der Waals surface area contributed by atoms with E-state index >= 15 is 0 Å². The minimum atomic E-state index is -3.36. The van der Waals surface area contributed by atoms with E-state index in [2.05, 4.69) is 14.7 Å². The summed E-state index contributed by atoms with van der Waals surface area (Å²) in [5.41, 5.74) is 3.71. The fraction of sp³-hybridized carbons (Fsp3) is 0.222. The maximum Gasteiger partial charge on any atom is 0.215 e. The first-order valence-corrected chi connectivity index (χ1v) is 10.4. The van der Waals surface area contributed by atoms with Gasteiger partial charge in [-0.15, -0.1) is 11.3 Å². The summed E-state index contributed by atoms with van der Waals surface area (Å²) in [5.74, 6) is -0.000988. The Morgan fingerprint density at radius 2 is 1.88 bits per heavy atom. The minimum Gasteiger partial charge on any atom is -0.265 e. The number of thiazole rings is 1. The van der Waals surface area contributed by atoms with Crippen LogP contribution < -0.4 is 4.72 Å². The summed E-state index contributed by atoms with van der Waals surface area (Å²) in [7, 11) is -3.36. The van der Waals surface area contributed by atoms with Crippen molar-refractivity contribution in [3.63, 3.8) is 0 Å². The summed E-state index contributed by atoms with van der Waals surface area (Å²) in [6.07, 6.45) is 4.03. The van der Waals surface area contributed by atoms with Crippen molar-refractivity contribution in [3.05, 3.63) is 71.0 Å². The first kappa shape index (κ1) is 17.7. The Kier molecular flexibility index (Phi) is 5.57. The Morgan fingerprint density at radius 3 is 2.64 bits per heavy atom. The van der Waals surface area contributed by atoms with Gasteiger partial charge < -0.3 is 0 Å². The lowest BCUT2D eigenvalue weighted by Gasteiger charge is -2.08. The Bertz CT molecular complexity index is 938. The van der Waals surface area contributed by atoms with Crippen LogP contribution in [-0.4, -0.2) is 24.9 Å². The number of aryl methyl sites for hydroxylation is 1. The second kappa shape index (κ2) is 7.86. The molecular formula is C18H19N3O2S2. The molecule has 0 aliphatic carbocycles. The molecule has 0 spiro atoms. The van der Waals surface area contributed by atoms with Crippen molar-refractivity contribution < 1.29 is 8.42 Å². The molecule has 7 heteroatoms. The van der Waals surface area contributed by atoms with Gasteiger partial charge in [0.1, 0.15) is 5.01 Å². The number of hydrogen-bond donors (Lipinski definition) is 1. The maximum atomic E-state index is 12.2. The number of sulfonamides is 1. The Labute approximate surface area is 151 Å². The molecule has 25 heavy (non-hydrogen) atoms. The molecule has 0 atom stereocenters. The Balaban J connectivity index is 1.56. The van der Waals surface area contributed by atoms with Crippen LogP contribution in [0.15, 0.2) is 54.2 Å². The van der Waals surface area contributed by atoms with Gasteiger partial charge in [-0.3, -0.25) is 4.98 Å². The molecule has 0 aliphatic heterocycles. The van der Waals surface area contributed by atoms with Crippen molar-refractivity contribution in [1.82, 2.24) is 14.7 Å². The van der Waals surface area contributed by atoms with E-state index in [1.54, 1.807) is 23.7 Å². The van der Waals surface area contributed by atoms with Gasteiger partial charge in [0, 0.05) is 36.3 Å². The molecule has 2 aromatic heterocycles. The van der Waals surface area contributed by atoms with Crippen molar-refractivity contribution in [3.8, 4) is 10.6 Å². The molecule has 0 saturated heterocycles. The monoisotopic (exact) mass is 373 g/mol. The number of aromatic nitrogens is 2. The van der Waals surface area contributed by atoms with E-state index in [4.69, 9.17) is 0 Å². The molecule has 2 heterocycles. The van der Waals surface area contributed by atoms with Crippen molar-refractivity contribution in [2.75, 3.05) is 6.54 Å². The molecule has 0 saturated carbocycles. The SMILES string of the molecule is Cc1ccccc1CS(=O)(=O)NCCc1csc(-c2ccncc2)n1. The lowest BCUT2D eigenvalue weighted by Crippen LogP contribution is -2.27. The standard InChI is InChI=1S/C18H19N3O2S2/c1-14-4-2-3-5-16(14)13-25(22,23)20-11-8-17-12-24-18(21-17)15-6-9-19-10-7-15/h2-7,9-10,12,20H,8,11,13H2,1H3. The highest BCUT2D eigenvalue weighted by Gasteiger charge is 2.13. The van der Waals surface area contributed by atoms with Crippen molar-refractivity contribution >= 4 is 21.4 Å². The highest BCUT2D eigenvalue weighted by molar-refractivity contribution is 7.88. The molecule has 3 rings (SSSR count). The van der Waals surface area contributed by atoms with Gasteiger partial charge >= 0.3 is 0 Å². The first-order chi connectivity index (χ1) is 12.0. The molecule has 0 bridgehead atoms. The molecule has 0 radical (unpaired) electrons. The van der Waals surface area contributed by atoms with Gasteiger partial charge in [-0.1, -0.05) is 24.3 Å². The van der Waals surface area contributed by atoms with Crippen LogP contribution in [0.5, 0.6) is 0 Å². The zero-order valence-electron chi connectivity index (χ0n) is 13.8. The van der Waals surface area contributed by atoms with Crippen LogP contribution in [0.3, 0.4) is 0 Å². The fourth-order valence-electron chi connectivity index (χ4n) is 2.41. The lowest BCUT2D eigenvalue weighted by molar-refractivity contribution is 0.580. The summed E-state index contributed by atoms with van der Waals surface area (Å²) in [4.78, 5) is 8.55.